The van der Waals surface area contributed by atoms with E-state index in [2.05, 4.69) is 16.3 Å². The number of para-hydroxylation sites is 1. The molecular weight excluding hydrogens is 444 g/mol. The van der Waals surface area contributed by atoms with Crippen molar-refractivity contribution in [3.05, 3.63) is 63.4 Å². The van der Waals surface area contributed by atoms with Crippen LogP contribution in [0.4, 0.5) is 11.6 Å². The van der Waals surface area contributed by atoms with Gasteiger partial charge in [0.05, 0.1) is 42.8 Å². The van der Waals surface area contributed by atoms with Gasteiger partial charge >= 0.3 is 5.97 Å². The predicted molar refractivity (Wildman–Crippen MR) is 136 cm³/mol. The molecule has 35 heavy (non-hydrogen) atoms. The van der Waals surface area contributed by atoms with Gasteiger partial charge in [0.15, 0.2) is 0 Å². The molecule has 5 rings (SSSR count). The Labute approximate surface area is 204 Å². The lowest BCUT2D eigenvalue weighted by atomic mass is 9.92. The third-order valence-electron chi connectivity index (χ3n) is 7.06. The average Bonchev–Trinajstić information content (AvgIpc) is 2.84. The summed E-state index contributed by atoms with van der Waals surface area (Å²) < 4.78 is 12.4. The van der Waals surface area contributed by atoms with Gasteiger partial charge in [-0.25, -0.2) is 9.78 Å². The summed E-state index contributed by atoms with van der Waals surface area (Å²) in [6.45, 7) is 6.71. The fourth-order valence-electron chi connectivity index (χ4n) is 4.97. The SMILES string of the molecule is COC(=O)c1ccccc1NC(C)c1cc(C)cc2c(=O)n(C3CCC3)c(N3CCOCC3)nc12. The maximum atomic E-state index is 13.9. The van der Waals surface area contributed by atoms with Gasteiger partial charge < -0.3 is 19.7 Å². The molecule has 1 saturated heterocycles. The quantitative estimate of drug-likeness (QED) is 0.533. The van der Waals surface area contributed by atoms with Crippen LogP contribution >= 0.6 is 0 Å². The second kappa shape index (κ2) is 9.70. The van der Waals surface area contributed by atoms with Gasteiger partial charge in [-0.1, -0.05) is 18.2 Å². The van der Waals surface area contributed by atoms with E-state index in [0.717, 1.165) is 36.3 Å². The van der Waals surface area contributed by atoms with Crippen LogP contribution in [0.1, 0.15) is 59.8 Å². The van der Waals surface area contributed by atoms with E-state index in [4.69, 9.17) is 14.5 Å². The van der Waals surface area contributed by atoms with Crippen molar-refractivity contribution < 1.29 is 14.3 Å². The van der Waals surface area contributed by atoms with Crippen LogP contribution in [0, 0.1) is 6.92 Å². The standard InChI is InChI=1S/C27H32N4O4/c1-17-15-21(18(2)28-23-10-5-4-9-20(23)26(33)34-3)24-22(16-17)25(32)31(19-7-6-8-19)27(29-24)30-11-13-35-14-12-30/h4-5,9-10,15-16,18-19,28H,6-8,11-14H2,1-3H3. The maximum Gasteiger partial charge on any atom is 0.339 e. The molecule has 2 aromatic carbocycles. The molecule has 1 aromatic heterocycles. The van der Waals surface area contributed by atoms with E-state index in [1.54, 1.807) is 6.07 Å². The predicted octanol–water partition coefficient (Wildman–Crippen LogP) is 4.23. The number of fused-ring (bicyclic) bond motifs is 1. The number of anilines is 2. The first-order chi connectivity index (χ1) is 17.0. The highest BCUT2D eigenvalue weighted by atomic mass is 16.5. The van der Waals surface area contributed by atoms with Crippen LogP contribution in [0.5, 0.6) is 0 Å². The Balaban J connectivity index is 1.63. The van der Waals surface area contributed by atoms with Crippen molar-refractivity contribution in [2.24, 2.45) is 0 Å². The molecule has 0 bridgehead atoms. The van der Waals surface area contributed by atoms with Crippen molar-refractivity contribution in [1.82, 2.24) is 9.55 Å². The zero-order valence-corrected chi connectivity index (χ0v) is 20.5. The number of esters is 1. The Bertz CT molecular complexity index is 1310. The van der Waals surface area contributed by atoms with E-state index in [0.29, 0.717) is 48.5 Å². The van der Waals surface area contributed by atoms with Crippen molar-refractivity contribution in [3.8, 4) is 0 Å². The van der Waals surface area contributed by atoms with Gasteiger partial charge in [0.2, 0.25) is 5.95 Å². The average molecular weight is 477 g/mol. The van der Waals surface area contributed by atoms with Crippen LogP contribution in [0.15, 0.2) is 41.2 Å². The fraction of sp³-hybridized carbons (Fsp3) is 0.444. The summed E-state index contributed by atoms with van der Waals surface area (Å²) in [6.07, 6.45) is 3.15. The van der Waals surface area contributed by atoms with E-state index in [1.165, 1.54) is 7.11 Å². The number of aryl methyl sites for hydroxylation is 1. The number of methoxy groups -OCH3 is 1. The summed E-state index contributed by atoms with van der Waals surface area (Å²) >= 11 is 0. The molecule has 1 N–H and O–H groups in total. The van der Waals surface area contributed by atoms with Gasteiger partial charge in [-0.3, -0.25) is 9.36 Å². The number of nitrogens with one attached hydrogen (secondary N) is 1. The highest BCUT2D eigenvalue weighted by molar-refractivity contribution is 5.95. The zero-order valence-electron chi connectivity index (χ0n) is 20.5. The summed E-state index contributed by atoms with van der Waals surface area (Å²) in [5.41, 5.74) is 3.79. The second-order valence-electron chi connectivity index (χ2n) is 9.42. The van der Waals surface area contributed by atoms with Crippen LogP contribution in [-0.4, -0.2) is 48.9 Å². The molecule has 1 aliphatic heterocycles. The molecule has 0 radical (unpaired) electrons. The molecule has 1 saturated carbocycles. The summed E-state index contributed by atoms with van der Waals surface area (Å²) in [5, 5.41) is 4.09. The van der Waals surface area contributed by atoms with Crippen molar-refractivity contribution in [3.63, 3.8) is 0 Å². The summed E-state index contributed by atoms with van der Waals surface area (Å²) in [6, 6.07) is 11.3. The number of hydrogen-bond donors (Lipinski definition) is 1. The molecule has 3 aromatic rings. The van der Waals surface area contributed by atoms with Crippen LogP contribution in [0.2, 0.25) is 0 Å². The Morgan fingerprint density at radius 3 is 2.63 bits per heavy atom. The third kappa shape index (κ3) is 4.38. The van der Waals surface area contributed by atoms with Gasteiger partial charge in [0.1, 0.15) is 0 Å². The molecule has 1 aliphatic carbocycles. The third-order valence-corrected chi connectivity index (χ3v) is 7.06. The van der Waals surface area contributed by atoms with Crippen LogP contribution < -0.4 is 15.8 Å². The number of aromatic nitrogens is 2. The first kappa shape index (κ1) is 23.4. The molecule has 0 amide bonds. The van der Waals surface area contributed by atoms with E-state index in [1.807, 2.05) is 42.7 Å². The summed E-state index contributed by atoms with van der Waals surface area (Å²) in [4.78, 5) is 33.5. The van der Waals surface area contributed by atoms with Crippen molar-refractivity contribution in [2.75, 3.05) is 43.6 Å². The molecule has 184 valence electrons. The molecule has 2 heterocycles. The van der Waals surface area contributed by atoms with Gasteiger partial charge in [0, 0.05) is 30.4 Å². The molecule has 1 atom stereocenters. The minimum atomic E-state index is -0.398. The Hall–Kier alpha value is -3.39. The number of benzene rings is 2. The molecule has 8 heteroatoms. The number of carbonyl (C=O) groups is 1. The fourth-order valence-corrected chi connectivity index (χ4v) is 4.97. The van der Waals surface area contributed by atoms with E-state index in [-0.39, 0.29) is 17.6 Å². The number of rotatable bonds is 6. The van der Waals surface area contributed by atoms with Gasteiger partial charge in [0.25, 0.3) is 5.56 Å². The van der Waals surface area contributed by atoms with Crippen LogP contribution in [0.25, 0.3) is 10.9 Å². The van der Waals surface area contributed by atoms with Crippen LogP contribution in [-0.2, 0) is 9.47 Å². The van der Waals surface area contributed by atoms with Gasteiger partial charge in [-0.05, 0) is 56.9 Å². The number of ether oxygens (including phenoxy) is 2. The number of morpholine rings is 1. The van der Waals surface area contributed by atoms with Gasteiger partial charge in [-0.2, -0.15) is 0 Å². The summed E-state index contributed by atoms with van der Waals surface area (Å²) in [5.74, 6) is 0.341. The lowest BCUT2D eigenvalue weighted by molar-refractivity contribution is 0.0602. The Kier molecular flexibility index (Phi) is 6.47. The molecule has 8 nitrogen and oxygen atoms in total. The van der Waals surface area contributed by atoms with Gasteiger partial charge in [-0.15, -0.1) is 0 Å². The highest BCUT2D eigenvalue weighted by Gasteiger charge is 2.29. The lowest BCUT2D eigenvalue weighted by Crippen LogP contribution is -2.42. The first-order valence-corrected chi connectivity index (χ1v) is 12.3. The highest BCUT2D eigenvalue weighted by Crippen LogP contribution is 2.35. The van der Waals surface area contributed by atoms with Crippen molar-refractivity contribution >= 4 is 28.5 Å². The maximum absolute atomic E-state index is 13.9. The minimum absolute atomic E-state index is 0.0216. The Morgan fingerprint density at radius 2 is 1.94 bits per heavy atom. The zero-order chi connectivity index (χ0) is 24.5. The topological polar surface area (TPSA) is 85.7 Å². The smallest absolute Gasteiger partial charge is 0.339 e. The molecule has 2 fully saturated rings. The second-order valence-corrected chi connectivity index (χ2v) is 9.42. The molecule has 1 unspecified atom stereocenters. The van der Waals surface area contributed by atoms with Crippen molar-refractivity contribution in [2.45, 2.75) is 45.2 Å². The lowest BCUT2D eigenvalue weighted by Gasteiger charge is -2.35. The molecular formula is C27H32N4O4. The molecule has 2 aliphatic rings. The van der Waals surface area contributed by atoms with E-state index in [9.17, 15) is 9.59 Å². The number of nitrogens with zero attached hydrogens (tertiary/aromatic N) is 3. The van der Waals surface area contributed by atoms with Crippen LogP contribution in [0.3, 0.4) is 0 Å². The van der Waals surface area contributed by atoms with E-state index < -0.39 is 5.97 Å². The van der Waals surface area contributed by atoms with Crippen molar-refractivity contribution in [1.29, 1.82) is 0 Å². The number of hydrogen-bond acceptors (Lipinski definition) is 7. The summed E-state index contributed by atoms with van der Waals surface area (Å²) in [7, 11) is 1.38. The molecule has 0 spiro atoms. The normalized spacial score (nSPS) is 17.2. The minimum Gasteiger partial charge on any atom is -0.465 e. The first-order valence-electron chi connectivity index (χ1n) is 12.3. The van der Waals surface area contributed by atoms with E-state index >= 15 is 0 Å². The number of carbonyl (C=O) groups excluding carboxylic acids is 1. The Morgan fingerprint density at radius 1 is 1.20 bits per heavy atom. The largest absolute Gasteiger partial charge is 0.465 e. The monoisotopic (exact) mass is 476 g/mol.